The van der Waals surface area contributed by atoms with Gasteiger partial charge in [0.15, 0.2) is 0 Å². The molecule has 1 heterocycles. The molecule has 1 aliphatic rings. The van der Waals surface area contributed by atoms with Crippen LogP contribution in [0.15, 0.2) is 28.7 Å². The molecule has 0 atom stereocenters. The fraction of sp³-hybridized carbons (Fsp3) is 0.273. The van der Waals surface area contributed by atoms with Crippen molar-refractivity contribution in [2.45, 2.75) is 4.27 Å². The lowest BCUT2D eigenvalue weighted by molar-refractivity contribution is 0.300. The van der Waals surface area contributed by atoms with Gasteiger partial charge in [0.25, 0.3) is 0 Å². The minimum absolute atomic E-state index is 0.270. The second-order valence-electron chi connectivity index (χ2n) is 3.13. The number of hydrogen-bond acceptors (Lipinski definition) is 3. The third-order valence-corrected chi connectivity index (χ3v) is 5.33. The fourth-order valence-corrected chi connectivity index (χ4v) is 3.18. The summed E-state index contributed by atoms with van der Waals surface area (Å²) in [5, 5.41) is 0. The van der Waals surface area contributed by atoms with Gasteiger partial charge in [-0.3, -0.25) is 0 Å². The third kappa shape index (κ3) is 2.22. The Morgan fingerprint density at radius 2 is 2.00 bits per heavy atom. The summed E-state index contributed by atoms with van der Waals surface area (Å²) in [5.41, 5.74) is 1.14. The monoisotopic (exact) mass is 302 g/mol. The van der Waals surface area contributed by atoms with Gasteiger partial charge < -0.3 is 4.74 Å². The topological polar surface area (TPSA) is 9.23 Å². The lowest BCUT2D eigenvalue weighted by Gasteiger charge is -2.31. The number of thioether (sulfide) groups is 2. The maximum atomic E-state index is 6.01. The molecule has 15 heavy (non-hydrogen) atoms. The quantitative estimate of drug-likeness (QED) is 0.757. The Morgan fingerprint density at radius 1 is 1.27 bits per heavy atom. The van der Waals surface area contributed by atoms with Gasteiger partial charge in [0.05, 0.1) is 0 Å². The van der Waals surface area contributed by atoms with Crippen molar-refractivity contribution < 1.29 is 4.74 Å². The second kappa shape index (κ2) is 4.44. The van der Waals surface area contributed by atoms with Crippen LogP contribution in [0.5, 0.6) is 5.75 Å². The first-order valence-electron chi connectivity index (χ1n) is 4.47. The van der Waals surface area contributed by atoms with E-state index in [-0.39, 0.29) is 4.27 Å². The molecule has 0 spiro atoms. The Labute approximate surface area is 107 Å². The Balaban J connectivity index is 2.40. The normalized spacial score (nSPS) is 17.0. The maximum absolute atomic E-state index is 6.01. The predicted octanol–water partition coefficient (Wildman–Crippen LogP) is 4.23. The molecule has 0 aromatic heterocycles. The lowest BCUT2D eigenvalue weighted by Crippen LogP contribution is -2.27. The third-order valence-electron chi connectivity index (χ3n) is 2.26. The number of fused-ring (bicyclic) bond motifs is 1. The standard InChI is InChI=1S/C11H11BrOS2/c1-14-11(15-2)6-5-8-3-4-9(12)7-10(8)13-11/h3-7H,1-2H3. The Hall–Kier alpha value is -0.0600. The van der Waals surface area contributed by atoms with Crippen molar-refractivity contribution in [3.63, 3.8) is 0 Å². The van der Waals surface area contributed by atoms with Crippen LogP contribution in [0, 0.1) is 0 Å². The number of benzene rings is 1. The van der Waals surface area contributed by atoms with Gasteiger partial charge in [0, 0.05) is 10.0 Å². The summed E-state index contributed by atoms with van der Waals surface area (Å²) in [5.74, 6) is 0.940. The van der Waals surface area contributed by atoms with Gasteiger partial charge in [-0.05, 0) is 36.8 Å². The molecule has 1 aliphatic heterocycles. The molecule has 1 aromatic carbocycles. The molecule has 0 aliphatic carbocycles. The molecule has 80 valence electrons. The summed E-state index contributed by atoms with van der Waals surface area (Å²) in [7, 11) is 0. The molecule has 0 amide bonds. The fourth-order valence-electron chi connectivity index (χ4n) is 1.42. The van der Waals surface area contributed by atoms with Crippen molar-refractivity contribution in [1.29, 1.82) is 0 Å². The number of ether oxygens (including phenoxy) is 1. The predicted molar refractivity (Wildman–Crippen MR) is 73.6 cm³/mol. The highest BCUT2D eigenvalue weighted by atomic mass is 79.9. The Morgan fingerprint density at radius 3 is 2.67 bits per heavy atom. The van der Waals surface area contributed by atoms with Crippen molar-refractivity contribution in [3.8, 4) is 5.75 Å². The van der Waals surface area contributed by atoms with E-state index in [0.717, 1.165) is 15.8 Å². The Bertz CT molecular complexity index is 400. The van der Waals surface area contributed by atoms with Crippen molar-refractivity contribution in [2.24, 2.45) is 0 Å². The molecule has 1 aromatic rings. The average molecular weight is 303 g/mol. The highest BCUT2D eigenvalue weighted by Gasteiger charge is 2.30. The molecule has 0 fully saturated rings. The molecule has 0 saturated carbocycles. The smallest absolute Gasteiger partial charge is 0.220 e. The molecule has 4 heteroatoms. The summed E-state index contributed by atoms with van der Waals surface area (Å²) >= 11 is 6.86. The molecule has 0 N–H and O–H groups in total. The van der Waals surface area contributed by atoms with E-state index in [2.05, 4.69) is 46.7 Å². The van der Waals surface area contributed by atoms with Gasteiger partial charge in [0.2, 0.25) is 4.27 Å². The van der Waals surface area contributed by atoms with Crippen LogP contribution in [0.25, 0.3) is 6.08 Å². The van der Waals surface area contributed by atoms with E-state index in [1.165, 1.54) is 0 Å². The van der Waals surface area contributed by atoms with Crippen LogP contribution in [-0.4, -0.2) is 16.8 Å². The zero-order valence-corrected chi connectivity index (χ0v) is 11.7. The van der Waals surface area contributed by atoms with Crippen molar-refractivity contribution >= 4 is 45.5 Å². The van der Waals surface area contributed by atoms with Crippen LogP contribution >= 0.6 is 39.5 Å². The van der Waals surface area contributed by atoms with E-state index < -0.39 is 0 Å². The molecule has 0 unspecified atom stereocenters. The largest absolute Gasteiger partial charge is 0.463 e. The van der Waals surface area contributed by atoms with Gasteiger partial charge in [-0.15, -0.1) is 23.5 Å². The molecular weight excluding hydrogens is 292 g/mol. The van der Waals surface area contributed by atoms with E-state index in [0.29, 0.717) is 0 Å². The van der Waals surface area contributed by atoms with Crippen LogP contribution in [0.1, 0.15) is 5.56 Å². The van der Waals surface area contributed by atoms with Gasteiger partial charge in [-0.1, -0.05) is 22.0 Å². The van der Waals surface area contributed by atoms with Crippen molar-refractivity contribution in [2.75, 3.05) is 12.5 Å². The van der Waals surface area contributed by atoms with Crippen LogP contribution in [0.4, 0.5) is 0 Å². The minimum Gasteiger partial charge on any atom is -0.463 e. The van der Waals surface area contributed by atoms with Crippen LogP contribution < -0.4 is 4.74 Å². The second-order valence-corrected chi connectivity index (χ2v) is 6.33. The summed E-state index contributed by atoms with van der Waals surface area (Å²) in [4.78, 5) is 0. The Kier molecular flexibility index (Phi) is 3.38. The first kappa shape index (κ1) is 11.4. The summed E-state index contributed by atoms with van der Waals surface area (Å²) in [6.07, 6.45) is 8.35. The molecule has 0 bridgehead atoms. The minimum atomic E-state index is -0.270. The zero-order chi connectivity index (χ0) is 10.9. The van der Waals surface area contributed by atoms with Gasteiger partial charge in [-0.2, -0.15) is 0 Å². The van der Waals surface area contributed by atoms with Gasteiger partial charge >= 0.3 is 0 Å². The number of hydrogen-bond donors (Lipinski definition) is 0. The first-order chi connectivity index (χ1) is 7.19. The molecular formula is C11H11BrOS2. The summed E-state index contributed by atoms with van der Waals surface area (Å²) in [6, 6.07) is 6.10. The van der Waals surface area contributed by atoms with Gasteiger partial charge in [-0.25, -0.2) is 0 Å². The summed E-state index contributed by atoms with van der Waals surface area (Å²) in [6.45, 7) is 0. The summed E-state index contributed by atoms with van der Waals surface area (Å²) < 4.78 is 6.79. The van der Waals surface area contributed by atoms with Gasteiger partial charge in [0.1, 0.15) is 5.75 Å². The zero-order valence-electron chi connectivity index (χ0n) is 8.49. The maximum Gasteiger partial charge on any atom is 0.220 e. The SMILES string of the molecule is CSC1(SC)C=Cc2ccc(Br)cc2O1. The highest BCUT2D eigenvalue weighted by Crippen LogP contribution is 2.43. The van der Waals surface area contributed by atoms with Crippen LogP contribution in [0.2, 0.25) is 0 Å². The van der Waals surface area contributed by atoms with E-state index in [1.54, 1.807) is 23.5 Å². The molecule has 2 rings (SSSR count). The molecule has 0 radical (unpaired) electrons. The number of halogens is 1. The van der Waals surface area contributed by atoms with E-state index in [1.807, 2.05) is 12.1 Å². The van der Waals surface area contributed by atoms with Crippen LogP contribution in [-0.2, 0) is 0 Å². The van der Waals surface area contributed by atoms with Crippen LogP contribution in [0.3, 0.4) is 0 Å². The lowest BCUT2D eigenvalue weighted by atomic mass is 10.1. The van der Waals surface area contributed by atoms with Crippen molar-refractivity contribution in [1.82, 2.24) is 0 Å². The molecule has 1 nitrogen and oxygen atoms in total. The van der Waals surface area contributed by atoms with Crippen molar-refractivity contribution in [3.05, 3.63) is 34.3 Å². The first-order valence-corrected chi connectivity index (χ1v) is 7.71. The molecule has 0 saturated heterocycles. The number of rotatable bonds is 2. The van der Waals surface area contributed by atoms with E-state index in [9.17, 15) is 0 Å². The highest BCUT2D eigenvalue weighted by molar-refractivity contribution is 9.10. The average Bonchev–Trinajstić information content (AvgIpc) is 2.28. The van der Waals surface area contributed by atoms with E-state index >= 15 is 0 Å². The van der Waals surface area contributed by atoms with E-state index in [4.69, 9.17) is 4.74 Å².